The normalized spacial score (nSPS) is 10.1. The fraction of sp³-hybridized carbons (Fsp3) is 0.176. The fourth-order valence-electron chi connectivity index (χ4n) is 2.06. The molecule has 0 aliphatic carbocycles. The minimum absolute atomic E-state index is 0.325. The van der Waals surface area contributed by atoms with Crippen molar-refractivity contribution in [2.24, 2.45) is 0 Å². The summed E-state index contributed by atoms with van der Waals surface area (Å²) in [6.45, 7) is 1.99. The second-order valence-electron chi connectivity index (χ2n) is 4.79. The van der Waals surface area contributed by atoms with Gasteiger partial charge in [-0.15, -0.1) is 0 Å². The molecule has 5 heteroatoms. The first-order valence-corrected chi connectivity index (χ1v) is 7.01. The van der Waals surface area contributed by atoms with E-state index in [0.29, 0.717) is 11.4 Å². The van der Waals surface area contributed by atoms with Crippen LogP contribution in [-0.4, -0.2) is 11.8 Å². The van der Waals surface area contributed by atoms with E-state index in [9.17, 15) is 14.0 Å². The Morgan fingerprint density at radius 3 is 2.45 bits per heavy atom. The molecule has 0 spiro atoms. The molecular weight excluding hydrogens is 283 g/mol. The molecule has 114 valence electrons. The van der Waals surface area contributed by atoms with Crippen molar-refractivity contribution in [1.29, 1.82) is 0 Å². The van der Waals surface area contributed by atoms with E-state index < -0.39 is 17.6 Å². The van der Waals surface area contributed by atoms with Crippen LogP contribution < -0.4 is 10.6 Å². The molecule has 0 aliphatic rings. The topological polar surface area (TPSA) is 58.2 Å². The minimum atomic E-state index is -0.489. The van der Waals surface area contributed by atoms with Gasteiger partial charge in [-0.3, -0.25) is 9.59 Å². The highest BCUT2D eigenvalue weighted by atomic mass is 19.1. The quantitative estimate of drug-likeness (QED) is 0.832. The number of amides is 2. The third-order valence-electron chi connectivity index (χ3n) is 3.10. The van der Waals surface area contributed by atoms with Crippen LogP contribution in [0.4, 0.5) is 15.8 Å². The second kappa shape index (κ2) is 7.36. The average Bonchev–Trinajstić information content (AvgIpc) is 2.47. The Morgan fingerprint density at radius 2 is 1.73 bits per heavy atom. The van der Waals surface area contributed by atoms with Crippen LogP contribution in [0.3, 0.4) is 0 Å². The minimum Gasteiger partial charge on any atom is -0.326 e. The van der Waals surface area contributed by atoms with Crippen LogP contribution in [0, 0.1) is 5.82 Å². The lowest BCUT2D eigenvalue weighted by molar-refractivity contribution is -0.123. The summed E-state index contributed by atoms with van der Waals surface area (Å²) in [6.07, 6.45) is 0.459. The molecule has 0 radical (unpaired) electrons. The Hall–Kier alpha value is -2.69. The number of benzene rings is 2. The summed E-state index contributed by atoms with van der Waals surface area (Å²) in [5.41, 5.74) is 2.03. The number of aryl methyl sites for hydroxylation is 1. The van der Waals surface area contributed by atoms with Crippen molar-refractivity contribution in [2.45, 2.75) is 19.8 Å². The second-order valence-corrected chi connectivity index (χ2v) is 4.79. The van der Waals surface area contributed by atoms with Gasteiger partial charge in [0.1, 0.15) is 12.2 Å². The van der Waals surface area contributed by atoms with Gasteiger partial charge in [-0.05, 0) is 36.2 Å². The maximum atomic E-state index is 13.0. The zero-order valence-corrected chi connectivity index (χ0v) is 12.2. The molecule has 0 aromatic heterocycles. The first-order chi connectivity index (χ1) is 10.6. The van der Waals surface area contributed by atoms with Crippen molar-refractivity contribution in [3.8, 4) is 0 Å². The smallest absolute Gasteiger partial charge is 0.233 e. The Kier molecular flexibility index (Phi) is 5.25. The van der Waals surface area contributed by atoms with E-state index in [0.717, 1.165) is 12.0 Å². The number of hydrogen-bond donors (Lipinski definition) is 2. The Morgan fingerprint density at radius 1 is 1.00 bits per heavy atom. The molecule has 0 saturated carbocycles. The van der Waals surface area contributed by atoms with Crippen LogP contribution in [0.1, 0.15) is 18.9 Å². The molecule has 4 nitrogen and oxygen atoms in total. The molecule has 2 aromatic rings. The summed E-state index contributed by atoms with van der Waals surface area (Å²) in [4.78, 5) is 23.7. The molecule has 22 heavy (non-hydrogen) atoms. The van der Waals surface area contributed by atoms with Gasteiger partial charge in [0.15, 0.2) is 0 Å². The van der Waals surface area contributed by atoms with Gasteiger partial charge in [0.2, 0.25) is 11.8 Å². The zero-order chi connectivity index (χ0) is 15.9. The van der Waals surface area contributed by atoms with E-state index in [1.54, 1.807) is 12.1 Å². The van der Waals surface area contributed by atoms with Gasteiger partial charge in [0, 0.05) is 11.4 Å². The van der Waals surface area contributed by atoms with Crippen molar-refractivity contribution in [3.63, 3.8) is 0 Å². The molecule has 2 aromatic carbocycles. The number of carbonyl (C=O) groups excluding carboxylic acids is 2. The van der Waals surface area contributed by atoms with Crippen LogP contribution in [0.25, 0.3) is 0 Å². The summed E-state index contributed by atoms with van der Waals surface area (Å²) < 4.78 is 13.0. The van der Waals surface area contributed by atoms with Gasteiger partial charge in [-0.25, -0.2) is 4.39 Å². The van der Waals surface area contributed by atoms with Crippen molar-refractivity contribution >= 4 is 23.2 Å². The first kappa shape index (κ1) is 15.7. The molecule has 0 bridgehead atoms. The van der Waals surface area contributed by atoms with Crippen molar-refractivity contribution in [3.05, 3.63) is 59.9 Å². The number of carbonyl (C=O) groups is 2. The predicted octanol–water partition coefficient (Wildman–Crippen LogP) is 3.36. The molecule has 0 heterocycles. The number of halogens is 1. The van der Waals surface area contributed by atoms with Crippen LogP contribution in [0.5, 0.6) is 0 Å². The molecule has 0 unspecified atom stereocenters. The van der Waals surface area contributed by atoms with Crippen molar-refractivity contribution in [2.75, 3.05) is 10.6 Å². The SMILES string of the molecule is CCc1ccccc1NC(=O)CC(=O)Nc1cccc(F)c1. The average molecular weight is 300 g/mol. The summed E-state index contributed by atoms with van der Waals surface area (Å²) in [6, 6.07) is 13.0. The van der Waals surface area contributed by atoms with E-state index in [1.807, 2.05) is 25.1 Å². The number of para-hydroxylation sites is 1. The van der Waals surface area contributed by atoms with Gasteiger partial charge < -0.3 is 10.6 Å². The van der Waals surface area contributed by atoms with Gasteiger partial charge in [-0.1, -0.05) is 31.2 Å². The Bertz CT molecular complexity index is 686. The molecule has 2 N–H and O–H groups in total. The molecule has 2 amide bonds. The Balaban J connectivity index is 1.93. The maximum absolute atomic E-state index is 13.0. The number of rotatable bonds is 5. The summed E-state index contributed by atoms with van der Waals surface area (Å²) in [7, 11) is 0. The van der Waals surface area contributed by atoms with Gasteiger partial charge in [0.05, 0.1) is 0 Å². The number of anilines is 2. The lowest BCUT2D eigenvalue weighted by Gasteiger charge is -2.10. The Labute approximate surface area is 128 Å². The summed E-state index contributed by atoms with van der Waals surface area (Å²) >= 11 is 0. The standard InChI is InChI=1S/C17H17FN2O2/c1-2-12-6-3-4-9-15(12)20-17(22)11-16(21)19-14-8-5-7-13(18)10-14/h3-10H,2,11H2,1H3,(H,19,21)(H,20,22). The lowest BCUT2D eigenvalue weighted by atomic mass is 10.1. The fourth-order valence-corrected chi connectivity index (χ4v) is 2.06. The zero-order valence-electron chi connectivity index (χ0n) is 12.2. The van der Waals surface area contributed by atoms with E-state index in [4.69, 9.17) is 0 Å². The van der Waals surface area contributed by atoms with Crippen LogP contribution in [0.2, 0.25) is 0 Å². The molecule has 0 aliphatic heterocycles. The highest BCUT2D eigenvalue weighted by Gasteiger charge is 2.11. The third-order valence-corrected chi connectivity index (χ3v) is 3.10. The first-order valence-electron chi connectivity index (χ1n) is 7.01. The van der Waals surface area contributed by atoms with E-state index in [1.165, 1.54) is 18.2 Å². The monoisotopic (exact) mass is 300 g/mol. The third kappa shape index (κ3) is 4.41. The van der Waals surface area contributed by atoms with Crippen molar-refractivity contribution in [1.82, 2.24) is 0 Å². The molecule has 0 atom stereocenters. The summed E-state index contributed by atoms with van der Waals surface area (Å²) in [5.74, 6) is -1.34. The van der Waals surface area contributed by atoms with E-state index >= 15 is 0 Å². The number of nitrogens with one attached hydrogen (secondary N) is 2. The molecule has 0 saturated heterocycles. The van der Waals surface area contributed by atoms with Gasteiger partial charge in [-0.2, -0.15) is 0 Å². The van der Waals surface area contributed by atoms with Crippen LogP contribution in [0.15, 0.2) is 48.5 Å². The van der Waals surface area contributed by atoms with Crippen molar-refractivity contribution < 1.29 is 14.0 Å². The van der Waals surface area contributed by atoms with Gasteiger partial charge in [0.25, 0.3) is 0 Å². The van der Waals surface area contributed by atoms with E-state index in [2.05, 4.69) is 10.6 Å². The molecular formula is C17H17FN2O2. The molecule has 2 rings (SSSR count). The summed E-state index contributed by atoms with van der Waals surface area (Å²) in [5, 5.41) is 5.20. The maximum Gasteiger partial charge on any atom is 0.233 e. The highest BCUT2D eigenvalue weighted by Crippen LogP contribution is 2.16. The van der Waals surface area contributed by atoms with Crippen LogP contribution in [-0.2, 0) is 16.0 Å². The lowest BCUT2D eigenvalue weighted by Crippen LogP contribution is -2.21. The highest BCUT2D eigenvalue weighted by molar-refractivity contribution is 6.08. The largest absolute Gasteiger partial charge is 0.326 e. The number of hydrogen-bond acceptors (Lipinski definition) is 2. The van der Waals surface area contributed by atoms with Crippen LogP contribution >= 0.6 is 0 Å². The predicted molar refractivity (Wildman–Crippen MR) is 84.1 cm³/mol. The van der Waals surface area contributed by atoms with E-state index in [-0.39, 0.29) is 6.42 Å². The van der Waals surface area contributed by atoms with Gasteiger partial charge >= 0.3 is 0 Å². The molecule has 0 fully saturated rings.